The number of nitrogens with one attached hydrogen (secondary N) is 1. The van der Waals surface area contributed by atoms with Gasteiger partial charge in [0.2, 0.25) is 0 Å². The van der Waals surface area contributed by atoms with Gasteiger partial charge in [-0.3, -0.25) is 9.79 Å². The third-order valence-electron chi connectivity index (χ3n) is 4.66. The van der Waals surface area contributed by atoms with Crippen LogP contribution in [0.3, 0.4) is 0 Å². The lowest BCUT2D eigenvalue weighted by atomic mass is 9.98. The monoisotopic (exact) mass is 452 g/mol. The number of carbonyl (C=O) groups excluding carboxylic acids is 1. The molecule has 1 N–H and O–H groups in total. The van der Waals surface area contributed by atoms with E-state index in [-0.39, 0.29) is 35.9 Å². The maximum Gasteiger partial charge on any atom is 0.310 e. The number of nitrogens with zero attached hydrogens (tertiary/aromatic N) is 3. The lowest BCUT2D eigenvalue weighted by molar-refractivity contribution is -0.149. The summed E-state index contributed by atoms with van der Waals surface area (Å²) in [4.78, 5) is 21.5. The first-order valence-electron chi connectivity index (χ1n) is 9.02. The Labute approximate surface area is 163 Å². The van der Waals surface area contributed by atoms with E-state index in [1.807, 2.05) is 6.92 Å². The number of guanidine groups is 1. The van der Waals surface area contributed by atoms with Gasteiger partial charge in [-0.1, -0.05) is 0 Å². The number of piperidine rings is 1. The first-order valence-corrected chi connectivity index (χ1v) is 9.02. The molecule has 2 rings (SSSR count). The Morgan fingerprint density at radius 3 is 2.67 bits per heavy atom. The van der Waals surface area contributed by atoms with Gasteiger partial charge in [0.25, 0.3) is 0 Å². The van der Waals surface area contributed by atoms with Crippen molar-refractivity contribution >= 4 is 35.9 Å². The molecule has 2 saturated heterocycles. The minimum atomic E-state index is -0.0644. The van der Waals surface area contributed by atoms with Crippen molar-refractivity contribution in [3.8, 4) is 0 Å². The van der Waals surface area contributed by atoms with Crippen LogP contribution in [0.25, 0.3) is 0 Å². The van der Waals surface area contributed by atoms with Crippen LogP contribution in [-0.4, -0.2) is 74.7 Å². The molecule has 0 amide bonds. The van der Waals surface area contributed by atoms with Crippen molar-refractivity contribution in [2.75, 3.05) is 52.9 Å². The second-order valence-electron chi connectivity index (χ2n) is 6.65. The molecule has 2 atom stereocenters. The number of hydrogen-bond acceptors (Lipinski definition) is 4. The number of rotatable bonds is 5. The molecule has 0 aromatic rings. The van der Waals surface area contributed by atoms with Crippen LogP contribution in [0.1, 0.15) is 33.1 Å². The van der Waals surface area contributed by atoms with Crippen LogP contribution < -0.4 is 5.32 Å². The fourth-order valence-corrected chi connectivity index (χ4v) is 3.44. The Kier molecular flexibility index (Phi) is 9.95. The third-order valence-corrected chi connectivity index (χ3v) is 4.66. The van der Waals surface area contributed by atoms with Gasteiger partial charge in [0, 0.05) is 32.7 Å². The van der Waals surface area contributed by atoms with E-state index in [4.69, 9.17) is 9.73 Å². The normalized spacial score (nSPS) is 25.3. The van der Waals surface area contributed by atoms with Gasteiger partial charge in [-0.15, -0.1) is 24.0 Å². The minimum Gasteiger partial charge on any atom is -0.466 e. The van der Waals surface area contributed by atoms with Crippen molar-refractivity contribution in [2.24, 2.45) is 16.8 Å². The molecule has 2 heterocycles. The number of carbonyl (C=O) groups is 1. The summed E-state index contributed by atoms with van der Waals surface area (Å²) in [6, 6.07) is 0. The van der Waals surface area contributed by atoms with E-state index in [2.05, 4.69) is 29.1 Å². The van der Waals surface area contributed by atoms with E-state index < -0.39 is 0 Å². The molecule has 6 nitrogen and oxygen atoms in total. The highest BCUT2D eigenvalue weighted by molar-refractivity contribution is 14.0. The third kappa shape index (κ3) is 6.38. The van der Waals surface area contributed by atoms with E-state index in [0.717, 1.165) is 51.5 Å². The summed E-state index contributed by atoms with van der Waals surface area (Å²) in [6.45, 7) is 10.1. The molecule has 2 aliphatic heterocycles. The molecule has 0 aromatic heterocycles. The summed E-state index contributed by atoms with van der Waals surface area (Å²) in [5.41, 5.74) is 0. The highest BCUT2D eigenvalue weighted by Crippen LogP contribution is 2.19. The van der Waals surface area contributed by atoms with Gasteiger partial charge in [0.15, 0.2) is 5.96 Å². The Morgan fingerprint density at radius 1 is 1.25 bits per heavy atom. The van der Waals surface area contributed by atoms with Crippen molar-refractivity contribution < 1.29 is 9.53 Å². The van der Waals surface area contributed by atoms with Crippen LogP contribution in [0.2, 0.25) is 0 Å². The van der Waals surface area contributed by atoms with E-state index >= 15 is 0 Å². The van der Waals surface area contributed by atoms with Crippen molar-refractivity contribution in [3.05, 3.63) is 0 Å². The molecular formula is C17H33IN4O2. The minimum absolute atomic E-state index is 0. The lowest BCUT2D eigenvalue weighted by Gasteiger charge is -2.34. The topological polar surface area (TPSA) is 57.2 Å². The summed E-state index contributed by atoms with van der Waals surface area (Å²) in [7, 11) is 2.17. The van der Waals surface area contributed by atoms with Crippen LogP contribution in [0, 0.1) is 11.8 Å². The maximum atomic E-state index is 12.0. The summed E-state index contributed by atoms with van der Waals surface area (Å²) in [5, 5.41) is 3.39. The Morgan fingerprint density at radius 2 is 2.04 bits per heavy atom. The SMILES string of the molecule is CCNC(=NCC1CCN(C)C1)N1CCCC(C(=O)OCC)C1.I. The molecule has 0 aromatic carbocycles. The first kappa shape index (κ1) is 21.5. The predicted octanol–water partition coefficient (Wildman–Crippen LogP) is 1.80. The van der Waals surface area contributed by atoms with Crippen LogP contribution in [-0.2, 0) is 9.53 Å². The smallest absolute Gasteiger partial charge is 0.310 e. The van der Waals surface area contributed by atoms with Crippen LogP contribution in [0.4, 0.5) is 0 Å². The molecule has 0 saturated carbocycles. The molecule has 0 radical (unpaired) electrons. The summed E-state index contributed by atoms with van der Waals surface area (Å²) >= 11 is 0. The highest BCUT2D eigenvalue weighted by Gasteiger charge is 2.28. The largest absolute Gasteiger partial charge is 0.466 e. The number of aliphatic imine (C=N–C) groups is 1. The zero-order chi connectivity index (χ0) is 16.7. The fourth-order valence-electron chi connectivity index (χ4n) is 3.44. The maximum absolute atomic E-state index is 12.0. The number of ether oxygens (including phenoxy) is 1. The van der Waals surface area contributed by atoms with Crippen molar-refractivity contribution in [1.29, 1.82) is 0 Å². The standard InChI is InChI=1S/C17H32N4O2.HI/c1-4-18-17(19-11-14-8-10-20(3)12-14)21-9-6-7-15(13-21)16(22)23-5-2;/h14-15H,4-13H2,1-3H3,(H,18,19);1H. The average molecular weight is 452 g/mol. The number of esters is 1. The molecule has 24 heavy (non-hydrogen) atoms. The number of likely N-dealkylation sites (tertiary alicyclic amines) is 2. The summed E-state index contributed by atoms with van der Waals surface area (Å²) in [6.07, 6.45) is 3.16. The van der Waals surface area contributed by atoms with E-state index in [0.29, 0.717) is 12.5 Å². The van der Waals surface area contributed by atoms with Crippen molar-refractivity contribution in [2.45, 2.75) is 33.1 Å². The molecule has 0 bridgehead atoms. The highest BCUT2D eigenvalue weighted by atomic mass is 127. The molecule has 0 spiro atoms. The zero-order valence-electron chi connectivity index (χ0n) is 15.3. The van der Waals surface area contributed by atoms with Gasteiger partial charge >= 0.3 is 5.97 Å². The van der Waals surface area contributed by atoms with Gasteiger partial charge in [-0.25, -0.2) is 0 Å². The molecule has 2 fully saturated rings. The molecular weight excluding hydrogens is 419 g/mol. The van der Waals surface area contributed by atoms with Crippen molar-refractivity contribution in [3.63, 3.8) is 0 Å². The molecule has 2 aliphatic rings. The summed E-state index contributed by atoms with van der Waals surface area (Å²) < 4.78 is 5.19. The average Bonchev–Trinajstić information content (AvgIpc) is 2.97. The number of halogens is 1. The van der Waals surface area contributed by atoms with Gasteiger partial charge in [-0.2, -0.15) is 0 Å². The quantitative estimate of drug-likeness (QED) is 0.299. The molecule has 7 heteroatoms. The van der Waals surface area contributed by atoms with E-state index in [1.54, 1.807) is 0 Å². The van der Waals surface area contributed by atoms with Crippen LogP contribution in [0.5, 0.6) is 0 Å². The number of hydrogen-bond donors (Lipinski definition) is 1. The van der Waals surface area contributed by atoms with Gasteiger partial charge in [0.1, 0.15) is 0 Å². The summed E-state index contributed by atoms with van der Waals surface area (Å²) in [5.74, 6) is 1.52. The Balaban J connectivity index is 0.00000288. The van der Waals surface area contributed by atoms with Crippen LogP contribution in [0.15, 0.2) is 4.99 Å². The molecule has 2 unspecified atom stereocenters. The zero-order valence-corrected chi connectivity index (χ0v) is 17.6. The molecule has 0 aliphatic carbocycles. The van der Waals surface area contributed by atoms with Crippen LogP contribution >= 0.6 is 24.0 Å². The van der Waals surface area contributed by atoms with Gasteiger partial charge in [0.05, 0.1) is 12.5 Å². The van der Waals surface area contributed by atoms with Gasteiger partial charge in [-0.05, 0) is 52.6 Å². The Hall–Kier alpha value is -0.570. The van der Waals surface area contributed by atoms with E-state index in [1.165, 1.54) is 13.0 Å². The van der Waals surface area contributed by atoms with E-state index in [9.17, 15) is 4.79 Å². The first-order chi connectivity index (χ1) is 11.1. The fraction of sp³-hybridized carbons (Fsp3) is 0.882. The van der Waals surface area contributed by atoms with Crippen molar-refractivity contribution in [1.82, 2.24) is 15.1 Å². The van der Waals surface area contributed by atoms with Gasteiger partial charge < -0.3 is 19.9 Å². The second kappa shape index (κ2) is 11.1. The second-order valence-corrected chi connectivity index (χ2v) is 6.65. The Bertz CT molecular complexity index is 419. The molecule has 140 valence electrons. The lowest BCUT2D eigenvalue weighted by Crippen LogP contribution is -2.48. The predicted molar refractivity (Wildman–Crippen MR) is 108 cm³/mol.